The number of benzene rings is 1. The summed E-state index contributed by atoms with van der Waals surface area (Å²) in [4.78, 5) is 15.7. The van der Waals surface area contributed by atoms with Crippen molar-refractivity contribution < 1.29 is 14.3 Å². The molecule has 0 saturated heterocycles. The molecule has 2 rings (SSSR count). The molecular formula is C17H21BrN2O3S. The van der Waals surface area contributed by atoms with E-state index in [0.717, 1.165) is 11.0 Å². The van der Waals surface area contributed by atoms with Gasteiger partial charge in [0.25, 0.3) is 0 Å². The molecule has 0 bridgehead atoms. The Hall–Kier alpha value is -1.57. The molecule has 1 heterocycles. The second-order valence-electron chi connectivity index (χ2n) is 5.38. The van der Waals surface area contributed by atoms with Crippen LogP contribution in [0.4, 0.5) is 5.69 Å². The van der Waals surface area contributed by atoms with Gasteiger partial charge in [-0.25, -0.2) is 0 Å². The topological polar surface area (TPSA) is 50.8 Å². The molecule has 0 aliphatic rings. The van der Waals surface area contributed by atoms with Crippen LogP contribution in [-0.4, -0.2) is 38.1 Å². The number of hydrogen-bond donors (Lipinski definition) is 1. The maximum atomic E-state index is 12.5. The van der Waals surface area contributed by atoms with E-state index in [2.05, 4.69) is 27.3 Å². The number of nitrogens with one attached hydrogen (secondary N) is 1. The molecule has 0 aliphatic carbocycles. The zero-order valence-corrected chi connectivity index (χ0v) is 16.5. The van der Waals surface area contributed by atoms with Crippen molar-refractivity contribution in [1.82, 2.24) is 4.90 Å². The molecule has 1 unspecified atom stereocenters. The van der Waals surface area contributed by atoms with Crippen molar-refractivity contribution in [3.8, 4) is 11.5 Å². The summed E-state index contributed by atoms with van der Waals surface area (Å²) in [5.41, 5.74) is 0.678. The Balaban J connectivity index is 2.00. The van der Waals surface area contributed by atoms with Crippen LogP contribution in [0.15, 0.2) is 34.1 Å². The Bertz CT molecular complexity index is 705. The van der Waals surface area contributed by atoms with Crippen LogP contribution < -0.4 is 14.8 Å². The first-order chi connectivity index (χ1) is 11.4. The van der Waals surface area contributed by atoms with E-state index >= 15 is 0 Å². The molecule has 1 aromatic carbocycles. The molecule has 0 aliphatic heterocycles. The first kappa shape index (κ1) is 18.8. The quantitative estimate of drug-likeness (QED) is 0.746. The van der Waals surface area contributed by atoms with Crippen LogP contribution in [0.25, 0.3) is 0 Å². The fourth-order valence-electron chi connectivity index (χ4n) is 2.18. The zero-order chi connectivity index (χ0) is 17.7. The number of amides is 1. The minimum Gasteiger partial charge on any atom is -0.493 e. The van der Waals surface area contributed by atoms with Gasteiger partial charge in [-0.1, -0.05) is 0 Å². The predicted octanol–water partition coefficient (Wildman–Crippen LogP) is 3.99. The Morgan fingerprint density at radius 2 is 2.00 bits per heavy atom. The highest BCUT2D eigenvalue weighted by Gasteiger charge is 2.19. The minimum atomic E-state index is -0.265. The number of methoxy groups -OCH3 is 2. The Kier molecular flexibility index (Phi) is 6.65. The van der Waals surface area contributed by atoms with Crippen molar-refractivity contribution in [1.29, 1.82) is 0 Å². The van der Waals surface area contributed by atoms with Gasteiger partial charge in [0.15, 0.2) is 11.5 Å². The molecule has 24 heavy (non-hydrogen) atoms. The number of halogens is 1. The van der Waals surface area contributed by atoms with Crippen LogP contribution in [-0.2, 0) is 11.3 Å². The summed E-state index contributed by atoms with van der Waals surface area (Å²) in [5, 5.41) is 4.96. The van der Waals surface area contributed by atoms with Gasteiger partial charge in [0.05, 0.1) is 20.3 Å². The van der Waals surface area contributed by atoms with Crippen LogP contribution in [0.2, 0.25) is 0 Å². The molecule has 0 saturated carbocycles. The maximum Gasteiger partial charge on any atom is 0.241 e. The standard InChI is InChI=1S/C17H21BrN2O3S/c1-11(20(2)9-14-7-12(18)10-24-14)17(21)19-13-5-6-15(22-3)16(8-13)23-4/h5-8,10-11H,9H2,1-4H3,(H,19,21). The lowest BCUT2D eigenvalue weighted by Gasteiger charge is -2.23. The number of nitrogens with zero attached hydrogens (tertiary/aromatic N) is 1. The number of hydrogen-bond acceptors (Lipinski definition) is 5. The molecule has 0 radical (unpaired) electrons. The predicted molar refractivity (Wildman–Crippen MR) is 101 cm³/mol. The fraction of sp³-hybridized carbons (Fsp3) is 0.353. The number of thiophene rings is 1. The summed E-state index contributed by atoms with van der Waals surface area (Å²) in [5.74, 6) is 1.14. The Morgan fingerprint density at radius 3 is 2.58 bits per heavy atom. The van der Waals surface area contributed by atoms with Crippen molar-refractivity contribution in [2.75, 3.05) is 26.6 Å². The summed E-state index contributed by atoms with van der Waals surface area (Å²) in [6.07, 6.45) is 0. The Morgan fingerprint density at radius 1 is 1.29 bits per heavy atom. The molecule has 0 spiro atoms. The molecule has 1 N–H and O–H groups in total. The number of rotatable bonds is 7. The van der Waals surface area contributed by atoms with E-state index in [1.807, 2.05) is 24.3 Å². The second-order valence-corrected chi connectivity index (χ2v) is 7.29. The van der Waals surface area contributed by atoms with Gasteiger partial charge < -0.3 is 14.8 Å². The summed E-state index contributed by atoms with van der Waals surface area (Å²) >= 11 is 5.12. The van der Waals surface area contributed by atoms with E-state index in [1.54, 1.807) is 43.8 Å². The molecule has 1 amide bonds. The highest BCUT2D eigenvalue weighted by Crippen LogP contribution is 2.30. The van der Waals surface area contributed by atoms with Gasteiger partial charge >= 0.3 is 0 Å². The fourth-order valence-corrected chi connectivity index (χ4v) is 3.69. The van der Waals surface area contributed by atoms with E-state index < -0.39 is 0 Å². The summed E-state index contributed by atoms with van der Waals surface area (Å²) < 4.78 is 11.5. The van der Waals surface area contributed by atoms with E-state index in [-0.39, 0.29) is 11.9 Å². The summed E-state index contributed by atoms with van der Waals surface area (Å²) in [7, 11) is 5.08. The van der Waals surface area contributed by atoms with Crippen molar-refractivity contribution in [3.63, 3.8) is 0 Å². The van der Waals surface area contributed by atoms with Crippen molar-refractivity contribution >= 4 is 38.9 Å². The maximum absolute atomic E-state index is 12.5. The normalized spacial score (nSPS) is 12.1. The van der Waals surface area contributed by atoms with E-state index in [1.165, 1.54) is 4.88 Å². The summed E-state index contributed by atoms with van der Waals surface area (Å²) in [6, 6.07) is 7.12. The van der Waals surface area contributed by atoms with E-state index in [0.29, 0.717) is 17.2 Å². The van der Waals surface area contributed by atoms with Crippen LogP contribution >= 0.6 is 27.3 Å². The second kappa shape index (κ2) is 8.50. The SMILES string of the molecule is COc1ccc(NC(=O)C(C)N(C)Cc2cc(Br)cs2)cc1OC. The summed E-state index contributed by atoms with van der Waals surface area (Å²) in [6.45, 7) is 2.61. The van der Waals surface area contributed by atoms with Crippen molar-refractivity contribution in [2.45, 2.75) is 19.5 Å². The molecule has 7 heteroatoms. The largest absolute Gasteiger partial charge is 0.493 e. The number of likely N-dealkylation sites (N-methyl/N-ethyl adjacent to an activating group) is 1. The Labute approximate surface area is 154 Å². The van der Waals surface area contributed by atoms with E-state index in [4.69, 9.17) is 9.47 Å². The van der Waals surface area contributed by atoms with E-state index in [9.17, 15) is 4.79 Å². The van der Waals surface area contributed by atoms with Crippen LogP contribution in [0, 0.1) is 0 Å². The first-order valence-corrected chi connectivity index (χ1v) is 9.08. The van der Waals surface area contributed by atoms with Crippen LogP contribution in [0.3, 0.4) is 0 Å². The number of ether oxygens (including phenoxy) is 2. The zero-order valence-electron chi connectivity index (χ0n) is 14.1. The molecular weight excluding hydrogens is 392 g/mol. The van der Waals surface area contributed by atoms with Gasteiger partial charge in [0.2, 0.25) is 5.91 Å². The average molecular weight is 413 g/mol. The van der Waals surface area contributed by atoms with Crippen LogP contribution in [0.1, 0.15) is 11.8 Å². The lowest BCUT2D eigenvalue weighted by molar-refractivity contribution is -0.120. The lowest BCUT2D eigenvalue weighted by atomic mass is 10.2. The van der Waals surface area contributed by atoms with Gasteiger partial charge in [-0.05, 0) is 48.1 Å². The first-order valence-electron chi connectivity index (χ1n) is 7.40. The molecule has 2 aromatic rings. The van der Waals surface area contributed by atoms with Crippen molar-refractivity contribution in [3.05, 3.63) is 39.0 Å². The molecule has 1 atom stereocenters. The molecule has 0 fully saturated rings. The molecule has 130 valence electrons. The number of carbonyl (C=O) groups excluding carboxylic acids is 1. The lowest BCUT2D eigenvalue weighted by Crippen LogP contribution is -2.39. The minimum absolute atomic E-state index is 0.0691. The third-order valence-corrected chi connectivity index (χ3v) is 5.40. The smallest absolute Gasteiger partial charge is 0.241 e. The van der Waals surface area contributed by atoms with Gasteiger partial charge in [0.1, 0.15) is 0 Å². The number of carbonyl (C=O) groups is 1. The van der Waals surface area contributed by atoms with Crippen molar-refractivity contribution in [2.24, 2.45) is 0 Å². The monoisotopic (exact) mass is 412 g/mol. The average Bonchev–Trinajstić information content (AvgIpc) is 2.98. The molecule has 5 nitrogen and oxygen atoms in total. The van der Waals surface area contributed by atoms with Gasteiger partial charge in [-0.3, -0.25) is 9.69 Å². The highest BCUT2D eigenvalue weighted by atomic mass is 79.9. The third kappa shape index (κ3) is 4.72. The highest BCUT2D eigenvalue weighted by molar-refractivity contribution is 9.10. The van der Waals surface area contributed by atoms with Crippen LogP contribution in [0.5, 0.6) is 11.5 Å². The molecule has 1 aromatic heterocycles. The van der Waals surface area contributed by atoms with Gasteiger partial charge in [0, 0.05) is 33.0 Å². The number of anilines is 1. The van der Waals surface area contributed by atoms with Gasteiger partial charge in [-0.2, -0.15) is 0 Å². The third-order valence-electron chi connectivity index (χ3n) is 3.72. The van der Waals surface area contributed by atoms with Gasteiger partial charge in [-0.15, -0.1) is 11.3 Å².